The molecule has 1 unspecified atom stereocenters. The van der Waals surface area contributed by atoms with Crippen molar-refractivity contribution in [3.05, 3.63) is 0 Å². The van der Waals surface area contributed by atoms with Crippen molar-refractivity contribution in [2.75, 3.05) is 20.2 Å². The molecule has 0 bridgehead atoms. The lowest BCUT2D eigenvalue weighted by atomic mass is 9.91. The van der Waals surface area contributed by atoms with Crippen LogP contribution in [-0.2, 0) is 19.1 Å². The molecule has 118 valence electrons. The number of esters is 1. The van der Waals surface area contributed by atoms with Crippen LogP contribution in [0.3, 0.4) is 0 Å². The largest absolute Gasteiger partial charge is 0.480 e. The standard InChI is InChI=1S/C14H22N2O5/c1-21-11(17)3-2-10(13(19)20)16-12(18)9-8-14(9)4-6-15-7-5-14/h9-10,15H,2-8H2,1H3,(H,16,18)(H,19,20)/t9?,10-/m0/s1. The van der Waals surface area contributed by atoms with Gasteiger partial charge in [0.05, 0.1) is 7.11 Å². The van der Waals surface area contributed by atoms with Gasteiger partial charge >= 0.3 is 11.9 Å². The van der Waals surface area contributed by atoms with Crippen LogP contribution in [0.15, 0.2) is 0 Å². The van der Waals surface area contributed by atoms with E-state index in [1.54, 1.807) is 0 Å². The number of ether oxygens (including phenoxy) is 1. The van der Waals surface area contributed by atoms with Gasteiger partial charge in [-0.2, -0.15) is 0 Å². The Morgan fingerprint density at radius 3 is 2.62 bits per heavy atom. The second kappa shape index (κ2) is 6.43. The molecule has 0 aromatic rings. The van der Waals surface area contributed by atoms with Crippen molar-refractivity contribution in [2.45, 2.75) is 38.1 Å². The SMILES string of the molecule is COC(=O)CC[C@H](NC(=O)C1CC12CCNCC2)C(=O)O. The summed E-state index contributed by atoms with van der Waals surface area (Å²) < 4.78 is 4.48. The van der Waals surface area contributed by atoms with Crippen LogP contribution >= 0.6 is 0 Å². The van der Waals surface area contributed by atoms with E-state index in [1.807, 2.05) is 0 Å². The molecule has 1 saturated carbocycles. The third-order valence-corrected chi connectivity index (χ3v) is 4.58. The Hall–Kier alpha value is -1.63. The van der Waals surface area contributed by atoms with Gasteiger partial charge in [0, 0.05) is 12.3 Å². The van der Waals surface area contributed by atoms with Crippen molar-refractivity contribution in [2.24, 2.45) is 11.3 Å². The molecule has 21 heavy (non-hydrogen) atoms. The molecule has 1 amide bonds. The molecule has 2 atom stereocenters. The predicted molar refractivity (Wildman–Crippen MR) is 73.5 cm³/mol. The summed E-state index contributed by atoms with van der Waals surface area (Å²) in [6.07, 6.45) is 2.79. The van der Waals surface area contributed by atoms with Gasteiger partial charge in [-0.15, -0.1) is 0 Å². The Balaban J connectivity index is 1.84. The number of hydrogen-bond donors (Lipinski definition) is 3. The Kier molecular flexibility index (Phi) is 4.82. The minimum atomic E-state index is -1.12. The molecule has 1 heterocycles. The zero-order valence-electron chi connectivity index (χ0n) is 12.2. The second-order valence-corrected chi connectivity index (χ2v) is 5.88. The minimum absolute atomic E-state index is 0.0204. The minimum Gasteiger partial charge on any atom is -0.480 e. The van der Waals surface area contributed by atoms with Gasteiger partial charge in [0.2, 0.25) is 5.91 Å². The highest BCUT2D eigenvalue weighted by Gasteiger charge is 2.57. The normalized spacial score (nSPS) is 24.1. The van der Waals surface area contributed by atoms with Gasteiger partial charge in [-0.25, -0.2) is 4.79 Å². The number of amides is 1. The monoisotopic (exact) mass is 298 g/mol. The van der Waals surface area contributed by atoms with Crippen molar-refractivity contribution in [3.8, 4) is 0 Å². The zero-order valence-corrected chi connectivity index (χ0v) is 12.2. The third-order valence-electron chi connectivity index (χ3n) is 4.58. The average Bonchev–Trinajstić information content (AvgIpc) is 3.16. The summed E-state index contributed by atoms with van der Waals surface area (Å²) in [6, 6.07) is -1.03. The summed E-state index contributed by atoms with van der Waals surface area (Å²) in [5.74, 6) is -1.88. The molecular weight excluding hydrogens is 276 g/mol. The molecule has 1 aliphatic heterocycles. The van der Waals surface area contributed by atoms with Crippen LogP contribution in [-0.4, -0.2) is 49.2 Å². The maximum absolute atomic E-state index is 12.2. The van der Waals surface area contributed by atoms with Crippen molar-refractivity contribution in [1.82, 2.24) is 10.6 Å². The first-order valence-corrected chi connectivity index (χ1v) is 7.29. The van der Waals surface area contributed by atoms with Crippen LogP contribution in [0.25, 0.3) is 0 Å². The summed E-state index contributed by atoms with van der Waals surface area (Å²) >= 11 is 0. The van der Waals surface area contributed by atoms with Crippen LogP contribution in [0.1, 0.15) is 32.1 Å². The van der Waals surface area contributed by atoms with Crippen molar-refractivity contribution >= 4 is 17.8 Å². The topological polar surface area (TPSA) is 105 Å². The van der Waals surface area contributed by atoms with E-state index in [2.05, 4.69) is 15.4 Å². The number of rotatable bonds is 6. The number of hydrogen-bond acceptors (Lipinski definition) is 5. The molecular formula is C14H22N2O5. The number of methoxy groups -OCH3 is 1. The van der Waals surface area contributed by atoms with Gasteiger partial charge in [-0.05, 0) is 44.2 Å². The van der Waals surface area contributed by atoms with Crippen LogP contribution in [0.4, 0.5) is 0 Å². The number of carbonyl (C=O) groups excluding carboxylic acids is 2. The molecule has 7 heteroatoms. The maximum atomic E-state index is 12.2. The van der Waals surface area contributed by atoms with E-state index in [0.717, 1.165) is 32.4 Å². The summed E-state index contributed by atoms with van der Waals surface area (Å²) in [5, 5.41) is 15.0. The van der Waals surface area contributed by atoms with Crippen LogP contribution in [0.2, 0.25) is 0 Å². The quantitative estimate of drug-likeness (QED) is 0.591. The molecule has 7 nitrogen and oxygen atoms in total. The number of carboxylic acid groups (broad SMARTS) is 1. The van der Waals surface area contributed by atoms with E-state index in [-0.39, 0.29) is 30.1 Å². The first kappa shape index (κ1) is 15.8. The number of carbonyl (C=O) groups is 3. The fraction of sp³-hybridized carbons (Fsp3) is 0.786. The highest BCUT2D eigenvalue weighted by atomic mass is 16.5. The van der Waals surface area contributed by atoms with Crippen molar-refractivity contribution in [1.29, 1.82) is 0 Å². The molecule has 2 fully saturated rings. The lowest BCUT2D eigenvalue weighted by molar-refractivity contribution is -0.144. The van der Waals surface area contributed by atoms with E-state index >= 15 is 0 Å². The van der Waals surface area contributed by atoms with Gasteiger partial charge in [0.25, 0.3) is 0 Å². The highest BCUT2D eigenvalue weighted by Crippen LogP contribution is 2.58. The Morgan fingerprint density at radius 1 is 1.38 bits per heavy atom. The number of aliphatic carboxylic acids is 1. The molecule has 0 aromatic heterocycles. The van der Waals surface area contributed by atoms with Gasteiger partial charge in [-0.3, -0.25) is 9.59 Å². The van der Waals surface area contributed by atoms with E-state index in [0.29, 0.717) is 0 Å². The van der Waals surface area contributed by atoms with Crippen LogP contribution in [0.5, 0.6) is 0 Å². The molecule has 1 aliphatic carbocycles. The van der Waals surface area contributed by atoms with Gasteiger partial charge in [0.1, 0.15) is 6.04 Å². The number of piperidine rings is 1. The first-order chi connectivity index (χ1) is 9.98. The van der Waals surface area contributed by atoms with Gasteiger partial charge in [-0.1, -0.05) is 0 Å². The maximum Gasteiger partial charge on any atom is 0.326 e. The lowest BCUT2D eigenvalue weighted by Gasteiger charge is -2.23. The molecule has 2 aliphatic rings. The fourth-order valence-corrected chi connectivity index (χ4v) is 3.09. The lowest BCUT2D eigenvalue weighted by Crippen LogP contribution is -2.43. The smallest absolute Gasteiger partial charge is 0.326 e. The number of nitrogens with one attached hydrogen (secondary N) is 2. The molecule has 1 saturated heterocycles. The average molecular weight is 298 g/mol. The summed E-state index contributed by atoms with van der Waals surface area (Å²) in [7, 11) is 1.25. The van der Waals surface area contributed by atoms with Crippen molar-refractivity contribution in [3.63, 3.8) is 0 Å². The van der Waals surface area contributed by atoms with Crippen LogP contribution < -0.4 is 10.6 Å². The molecule has 3 N–H and O–H groups in total. The molecule has 0 radical (unpaired) electrons. The van der Waals surface area contributed by atoms with E-state index in [9.17, 15) is 14.4 Å². The fourth-order valence-electron chi connectivity index (χ4n) is 3.09. The Labute approximate surface area is 123 Å². The third kappa shape index (κ3) is 3.72. The number of carboxylic acids is 1. The molecule has 2 rings (SSSR count). The first-order valence-electron chi connectivity index (χ1n) is 7.29. The Morgan fingerprint density at radius 2 is 2.05 bits per heavy atom. The predicted octanol–water partition coefficient (Wildman–Crippen LogP) is -0.101. The highest BCUT2D eigenvalue weighted by molar-refractivity contribution is 5.87. The summed E-state index contributed by atoms with van der Waals surface area (Å²) in [4.78, 5) is 34.4. The second-order valence-electron chi connectivity index (χ2n) is 5.88. The molecule has 1 spiro atoms. The zero-order chi connectivity index (χ0) is 15.5. The Bertz CT molecular complexity index is 431. The summed E-state index contributed by atoms with van der Waals surface area (Å²) in [5.41, 5.74) is 0.0702. The van der Waals surface area contributed by atoms with Gasteiger partial charge in [0.15, 0.2) is 0 Å². The van der Waals surface area contributed by atoms with E-state index in [4.69, 9.17) is 5.11 Å². The van der Waals surface area contributed by atoms with Crippen molar-refractivity contribution < 1.29 is 24.2 Å². The molecule has 0 aromatic carbocycles. The van der Waals surface area contributed by atoms with Crippen LogP contribution in [0, 0.1) is 11.3 Å². The van der Waals surface area contributed by atoms with Gasteiger partial charge < -0.3 is 20.5 Å². The van der Waals surface area contributed by atoms with E-state index < -0.39 is 18.0 Å². The van der Waals surface area contributed by atoms with E-state index in [1.165, 1.54) is 7.11 Å². The summed E-state index contributed by atoms with van der Waals surface area (Å²) in [6.45, 7) is 1.82.